The summed E-state index contributed by atoms with van der Waals surface area (Å²) in [5.74, 6) is 1.57. The summed E-state index contributed by atoms with van der Waals surface area (Å²) in [6, 6.07) is 16.7. The molecule has 0 aliphatic heterocycles. The molecule has 1 saturated carbocycles. The Morgan fingerprint density at radius 3 is 2.57 bits per heavy atom. The molecule has 1 fully saturated rings. The zero-order chi connectivity index (χ0) is 20.1. The van der Waals surface area contributed by atoms with Gasteiger partial charge in [-0.3, -0.25) is 0 Å². The Bertz CT molecular complexity index is 1240. The Labute approximate surface area is 175 Å². The third kappa shape index (κ3) is 2.58. The van der Waals surface area contributed by atoms with Gasteiger partial charge in [0.25, 0.3) is 0 Å². The van der Waals surface area contributed by atoms with Gasteiger partial charge in [-0.1, -0.05) is 43.5 Å². The molecule has 150 valence electrons. The molecule has 0 radical (unpaired) electrons. The SMILES string of the molecule is COc1ccc(-c2nc3c4c(ncn3n2)-c2ccccc2CC42CCCCC2)cc1. The van der Waals surface area contributed by atoms with Gasteiger partial charge >= 0.3 is 0 Å². The van der Waals surface area contributed by atoms with E-state index in [0.29, 0.717) is 0 Å². The van der Waals surface area contributed by atoms with Crippen molar-refractivity contribution in [3.05, 3.63) is 66.0 Å². The van der Waals surface area contributed by atoms with Gasteiger partial charge in [0.15, 0.2) is 11.5 Å². The van der Waals surface area contributed by atoms with E-state index in [4.69, 9.17) is 19.8 Å². The van der Waals surface area contributed by atoms with Crippen LogP contribution in [0, 0.1) is 0 Å². The number of rotatable bonds is 2. The van der Waals surface area contributed by atoms with Gasteiger partial charge in [0.05, 0.1) is 12.8 Å². The number of nitrogens with zero attached hydrogens (tertiary/aromatic N) is 4. The van der Waals surface area contributed by atoms with Crippen molar-refractivity contribution in [1.29, 1.82) is 0 Å². The van der Waals surface area contributed by atoms with E-state index in [-0.39, 0.29) is 5.41 Å². The molecular weight excluding hydrogens is 372 g/mol. The number of aromatic nitrogens is 4. The molecule has 6 rings (SSSR count). The fourth-order valence-corrected chi connectivity index (χ4v) is 5.43. The van der Waals surface area contributed by atoms with E-state index in [9.17, 15) is 0 Å². The van der Waals surface area contributed by atoms with Crippen LogP contribution in [0.4, 0.5) is 0 Å². The Balaban J connectivity index is 1.58. The van der Waals surface area contributed by atoms with Crippen LogP contribution in [-0.4, -0.2) is 26.7 Å². The number of hydrogen-bond donors (Lipinski definition) is 0. The van der Waals surface area contributed by atoms with Crippen LogP contribution in [-0.2, 0) is 11.8 Å². The standard InChI is InChI=1S/C25H24N4O/c1-30-19-11-9-17(10-12-19)23-27-24-21-22(26-16-29(24)28-23)20-8-4-3-7-18(20)15-25(21)13-5-2-6-14-25/h3-4,7-12,16H,2,5-6,13-15H2,1H3. The average molecular weight is 396 g/mol. The van der Waals surface area contributed by atoms with Gasteiger partial charge in [-0.05, 0) is 49.1 Å². The number of hydrogen-bond acceptors (Lipinski definition) is 4. The van der Waals surface area contributed by atoms with E-state index in [1.807, 2.05) is 35.1 Å². The fraction of sp³-hybridized carbons (Fsp3) is 0.320. The first-order valence-electron chi connectivity index (χ1n) is 10.8. The molecule has 4 aromatic rings. The second-order valence-electron chi connectivity index (χ2n) is 8.58. The second-order valence-corrected chi connectivity index (χ2v) is 8.58. The maximum Gasteiger partial charge on any atom is 0.182 e. The molecule has 0 atom stereocenters. The maximum absolute atomic E-state index is 5.29. The molecule has 0 amide bonds. The zero-order valence-corrected chi connectivity index (χ0v) is 17.1. The highest BCUT2D eigenvalue weighted by atomic mass is 16.5. The topological polar surface area (TPSA) is 52.3 Å². The summed E-state index contributed by atoms with van der Waals surface area (Å²) in [7, 11) is 1.68. The quantitative estimate of drug-likeness (QED) is 0.466. The summed E-state index contributed by atoms with van der Waals surface area (Å²) < 4.78 is 7.17. The van der Waals surface area contributed by atoms with E-state index in [0.717, 1.165) is 34.9 Å². The van der Waals surface area contributed by atoms with Crippen molar-refractivity contribution in [2.45, 2.75) is 43.9 Å². The van der Waals surface area contributed by atoms with Gasteiger partial charge in [0, 0.05) is 22.1 Å². The lowest BCUT2D eigenvalue weighted by Crippen LogP contribution is -2.36. The number of fused-ring (bicyclic) bond motifs is 6. The van der Waals surface area contributed by atoms with Crippen molar-refractivity contribution < 1.29 is 4.74 Å². The number of benzene rings is 2. The van der Waals surface area contributed by atoms with Gasteiger partial charge in [0.2, 0.25) is 0 Å². The molecule has 0 bridgehead atoms. The molecule has 2 aliphatic rings. The highest BCUT2D eigenvalue weighted by Gasteiger charge is 2.42. The van der Waals surface area contributed by atoms with Crippen LogP contribution in [0.5, 0.6) is 5.75 Å². The van der Waals surface area contributed by atoms with Gasteiger partial charge in [0.1, 0.15) is 12.1 Å². The molecule has 1 spiro atoms. The summed E-state index contributed by atoms with van der Waals surface area (Å²) >= 11 is 0. The van der Waals surface area contributed by atoms with E-state index in [1.54, 1.807) is 7.11 Å². The molecule has 5 heteroatoms. The maximum atomic E-state index is 5.29. The number of methoxy groups -OCH3 is 1. The lowest BCUT2D eigenvalue weighted by Gasteiger charge is -2.42. The molecule has 30 heavy (non-hydrogen) atoms. The molecule has 0 unspecified atom stereocenters. The highest BCUT2D eigenvalue weighted by molar-refractivity contribution is 5.78. The predicted molar refractivity (Wildman–Crippen MR) is 117 cm³/mol. The third-order valence-electron chi connectivity index (χ3n) is 6.88. The largest absolute Gasteiger partial charge is 0.497 e. The molecule has 2 aromatic heterocycles. The fourth-order valence-electron chi connectivity index (χ4n) is 5.43. The van der Waals surface area contributed by atoms with E-state index >= 15 is 0 Å². The average Bonchev–Trinajstić information content (AvgIpc) is 3.24. The van der Waals surface area contributed by atoms with Crippen molar-refractivity contribution in [2.75, 3.05) is 7.11 Å². The minimum absolute atomic E-state index is 0.113. The lowest BCUT2D eigenvalue weighted by molar-refractivity contribution is 0.288. The Hall–Kier alpha value is -3.21. The third-order valence-corrected chi connectivity index (χ3v) is 6.88. The normalized spacial score (nSPS) is 17.0. The van der Waals surface area contributed by atoms with Crippen molar-refractivity contribution in [2.24, 2.45) is 0 Å². The molecule has 5 nitrogen and oxygen atoms in total. The van der Waals surface area contributed by atoms with Gasteiger partial charge in [-0.2, -0.15) is 0 Å². The van der Waals surface area contributed by atoms with E-state index in [2.05, 4.69) is 24.3 Å². The molecule has 0 N–H and O–H groups in total. The summed E-state index contributed by atoms with van der Waals surface area (Å²) in [5.41, 5.74) is 7.13. The van der Waals surface area contributed by atoms with Crippen molar-refractivity contribution in [3.63, 3.8) is 0 Å². The number of ether oxygens (including phenoxy) is 1. The minimum atomic E-state index is 0.113. The first-order chi connectivity index (χ1) is 14.8. The molecular formula is C25H24N4O. The van der Waals surface area contributed by atoms with E-state index < -0.39 is 0 Å². The summed E-state index contributed by atoms with van der Waals surface area (Å²) in [6.45, 7) is 0. The van der Waals surface area contributed by atoms with Gasteiger partial charge in [-0.15, -0.1) is 5.10 Å². The summed E-state index contributed by atoms with van der Waals surface area (Å²) in [4.78, 5) is 9.96. The predicted octanol–water partition coefficient (Wildman–Crippen LogP) is 5.22. The second kappa shape index (κ2) is 6.66. The van der Waals surface area contributed by atoms with Crippen LogP contribution < -0.4 is 4.74 Å². The molecule has 2 heterocycles. The van der Waals surface area contributed by atoms with Crippen molar-refractivity contribution in [1.82, 2.24) is 19.6 Å². The van der Waals surface area contributed by atoms with Gasteiger partial charge < -0.3 is 4.74 Å². The van der Waals surface area contributed by atoms with Crippen LogP contribution in [0.3, 0.4) is 0 Å². The summed E-state index contributed by atoms with van der Waals surface area (Å²) in [6.07, 6.45) is 9.14. The van der Waals surface area contributed by atoms with Crippen LogP contribution in [0.25, 0.3) is 28.3 Å². The van der Waals surface area contributed by atoms with E-state index in [1.165, 1.54) is 48.8 Å². The van der Waals surface area contributed by atoms with Crippen LogP contribution >= 0.6 is 0 Å². The first kappa shape index (κ1) is 17.6. The Kier molecular flexibility index (Phi) is 3.91. The van der Waals surface area contributed by atoms with Crippen LogP contribution in [0.15, 0.2) is 54.9 Å². The van der Waals surface area contributed by atoms with Gasteiger partial charge in [-0.25, -0.2) is 14.5 Å². The smallest absolute Gasteiger partial charge is 0.182 e. The monoisotopic (exact) mass is 396 g/mol. The van der Waals surface area contributed by atoms with Crippen LogP contribution in [0.2, 0.25) is 0 Å². The lowest BCUT2D eigenvalue weighted by atomic mass is 9.62. The highest BCUT2D eigenvalue weighted by Crippen LogP contribution is 2.50. The Morgan fingerprint density at radius 1 is 0.967 bits per heavy atom. The summed E-state index contributed by atoms with van der Waals surface area (Å²) in [5, 5.41) is 4.78. The molecule has 2 aliphatic carbocycles. The minimum Gasteiger partial charge on any atom is -0.497 e. The Morgan fingerprint density at radius 2 is 1.77 bits per heavy atom. The van der Waals surface area contributed by atoms with Crippen molar-refractivity contribution >= 4 is 5.65 Å². The van der Waals surface area contributed by atoms with Crippen molar-refractivity contribution in [3.8, 4) is 28.4 Å². The zero-order valence-electron chi connectivity index (χ0n) is 17.1. The van der Waals surface area contributed by atoms with Crippen LogP contribution in [0.1, 0.15) is 43.2 Å². The molecule has 2 aromatic carbocycles. The first-order valence-corrected chi connectivity index (χ1v) is 10.8. The molecule has 0 saturated heterocycles.